The average Bonchev–Trinajstić information content (AvgIpc) is 2.84. The second-order valence-corrected chi connectivity index (χ2v) is 8.31. The minimum absolute atomic E-state index is 0.0470. The quantitative estimate of drug-likeness (QED) is 0.330. The molecule has 2 N–H and O–H groups in total. The second kappa shape index (κ2) is 11.9. The van der Waals surface area contributed by atoms with E-state index in [4.69, 9.17) is 11.6 Å². The molecular formula is C25H22ClFN4O5. The molecule has 0 unspecified atom stereocenters. The number of hydrogen-bond acceptors (Lipinski definition) is 5. The first-order valence-corrected chi connectivity index (χ1v) is 11.1. The Kier molecular flexibility index (Phi) is 8.69. The number of aryl methyl sites for hydroxylation is 1. The summed E-state index contributed by atoms with van der Waals surface area (Å²) in [6.45, 7) is 1.06. The number of nitro groups is 1. The summed E-state index contributed by atoms with van der Waals surface area (Å²) in [6, 6.07) is 15.8. The van der Waals surface area contributed by atoms with E-state index in [1.54, 1.807) is 12.1 Å². The molecule has 3 aromatic carbocycles. The molecule has 0 radical (unpaired) electrons. The van der Waals surface area contributed by atoms with E-state index in [1.165, 1.54) is 30.3 Å². The van der Waals surface area contributed by atoms with Crippen molar-refractivity contribution < 1.29 is 23.7 Å². The summed E-state index contributed by atoms with van der Waals surface area (Å²) in [5.74, 6) is -2.21. The summed E-state index contributed by atoms with van der Waals surface area (Å²) >= 11 is 6.11. The molecule has 0 bridgehead atoms. The van der Waals surface area contributed by atoms with E-state index in [0.29, 0.717) is 11.3 Å². The Bertz CT molecular complexity index is 1280. The smallest absolute Gasteiger partial charge is 0.270 e. The van der Waals surface area contributed by atoms with Gasteiger partial charge in [0, 0.05) is 24.4 Å². The number of carbonyl (C=O) groups excluding carboxylic acids is 3. The van der Waals surface area contributed by atoms with Crippen molar-refractivity contribution in [3.8, 4) is 0 Å². The van der Waals surface area contributed by atoms with E-state index >= 15 is 0 Å². The van der Waals surface area contributed by atoms with Gasteiger partial charge in [0.1, 0.15) is 12.4 Å². The first kappa shape index (κ1) is 26.3. The van der Waals surface area contributed by atoms with Gasteiger partial charge in [0.2, 0.25) is 11.8 Å². The molecule has 0 saturated heterocycles. The van der Waals surface area contributed by atoms with E-state index in [1.807, 2.05) is 19.1 Å². The number of carbonyl (C=O) groups is 3. The Morgan fingerprint density at radius 3 is 2.28 bits per heavy atom. The topological polar surface area (TPSA) is 122 Å². The zero-order chi connectivity index (χ0) is 26.2. The van der Waals surface area contributed by atoms with Crippen LogP contribution in [0.4, 0.5) is 15.8 Å². The lowest BCUT2D eigenvalue weighted by Gasteiger charge is -2.23. The maximum atomic E-state index is 13.3. The second-order valence-electron chi connectivity index (χ2n) is 7.90. The molecule has 36 heavy (non-hydrogen) atoms. The van der Waals surface area contributed by atoms with Crippen LogP contribution in [0.2, 0.25) is 5.02 Å². The van der Waals surface area contributed by atoms with Crippen LogP contribution in [0, 0.1) is 22.9 Å². The number of nitrogens with one attached hydrogen (secondary N) is 2. The molecular weight excluding hydrogens is 491 g/mol. The molecule has 3 amide bonds. The van der Waals surface area contributed by atoms with Gasteiger partial charge < -0.3 is 15.5 Å². The molecule has 0 spiro atoms. The van der Waals surface area contributed by atoms with Gasteiger partial charge in [0.15, 0.2) is 0 Å². The molecule has 0 aliphatic carbocycles. The zero-order valence-electron chi connectivity index (χ0n) is 19.2. The summed E-state index contributed by atoms with van der Waals surface area (Å²) in [4.78, 5) is 49.5. The number of rotatable bonds is 9. The maximum absolute atomic E-state index is 13.3. The molecule has 9 nitrogen and oxygen atoms in total. The van der Waals surface area contributed by atoms with Gasteiger partial charge in [-0.05, 0) is 42.8 Å². The van der Waals surface area contributed by atoms with Crippen LogP contribution < -0.4 is 10.6 Å². The maximum Gasteiger partial charge on any atom is 0.270 e. The van der Waals surface area contributed by atoms with Gasteiger partial charge in [-0.15, -0.1) is 0 Å². The Balaban J connectivity index is 1.71. The third kappa shape index (κ3) is 7.34. The lowest BCUT2D eigenvalue weighted by Crippen LogP contribution is -2.42. The molecule has 0 fully saturated rings. The van der Waals surface area contributed by atoms with Crippen molar-refractivity contribution in [2.75, 3.05) is 18.4 Å². The Labute approximate surface area is 211 Å². The van der Waals surface area contributed by atoms with Crippen molar-refractivity contribution >= 4 is 40.7 Å². The van der Waals surface area contributed by atoms with Crippen molar-refractivity contribution in [3.63, 3.8) is 0 Å². The monoisotopic (exact) mass is 512 g/mol. The highest BCUT2D eigenvalue weighted by molar-refractivity contribution is 6.34. The molecule has 0 saturated carbocycles. The van der Waals surface area contributed by atoms with E-state index in [-0.39, 0.29) is 29.4 Å². The Hall–Kier alpha value is -4.31. The van der Waals surface area contributed by atoms with Crippen LogP contribution in [-0.2, 0) is 16.1 Å². The highest BCUT2D eigenvalue weighted by Crippen LogP contribution is 2.24. The number of anilines is 1. The molecule has 0 aliphatic rings. The Morgan fingerprint density at radius 1 is 1.00 bits per heavy atom. The fraction of sp³-hybridized carbons (Fsp3) is 0.160. The van der Waals surface area contributed by atoms with E-state index < -0.39 is 35.0 Å². The number of nitrogens with zero attached hydrogens (tertiary/aromatic N) is 2. The molecule has 3 rings (SSSR count). The van der Waals surface area contributed by atoms with Gasteiger partial charge in [-0.1, -0.05) is 41.4 Å². The number of non-ortho nitro benzene ring substituents is 1. The number of benzene rings is 3. The summed E-state index contributed by atoms with van der Waals surface area (Å²) in [6.07, 6.45) is 0. The van der Waals surface area contributed by atoms with Gasteiger partial charge in [-0.2, -0.15) is 0 Å². The predicted molar refractivity (Wildman–Crippen MR) is 132 cm³/mol. The van der Waals surface area contributed by atoms with E-state index in [9.17, 15) is 28.9 Å². The standard InChI is InChI=1S/C25H22ClFN4O5/c1-16-2-8-19(9-3-16)29-23(32)13-28-24(33)15-30(14-17-4-6-18(27)7-5-17)25(34)21-11-10-20(31(35)36)12-22(21)26/h2-12H,13-15H2,1H3,(H,28,33)(H,29,32). The van der Waals surface area contributed by atoms with Crippen molar-refractivity contribution in [1.29, 1.82) is 0 Å². The number of nitro benzene ring substituents is 1. The number of amides is 3. The predicted octanol–water partition coefficient (Wildman–Crippen LogP) is 4.09. The normalized spacial score (nSPS) is 10.4. The summed E-state index contributed by atoms with van der Waals surface area (Å²) < 4.78 is 13.3. The van der Waals surface area contributed by atoms with E-state index in [2.05, 4.69) is 10.6 Å². The molecule has 11 heteroatoms. The number of hydrogen-bond donors (Lipinski definition) is 2. The van der Waals surface area contributed by atoms with Crippen molar-refractivity contribution in [2.24, 2.45) is 0 Å². The third-order valence-electron chi connectivity index (χ3n) is 5.08. The van der Waals surface area contributed by atoms with Crippen LogP contribution in [-0.4, -0.2) is 40.6 Å². The first-order chi connectivity index (χ1) is 17.1. The molecule has 0 atom stereocenters. The fourth-order valence-electron chi connectivity index (χ4n) is 3.22. The van der Waals surface area contributed by atoms with Crippen LogP contribution in [0.3, 0.4) is 0 Å². The SMILES string of the molecule is Cc1ccc(NC(=O)CNC(=O)CN(Cc2ccc(F)cc2)C(=O)c2ccc([N+](=O)[O-])cc2Cl)cc1. The van der Waals surface area contributed by atoms with Gasteiger partial charge in [-0.3, -0.25) is 24.5 Å². The zero-order valence-corrected chi connectivity index (χ0v) is 19.9. The molecule has 0 aromatic heterocycles. The van der Waals surface area contributed by atoms with Gasteiger partial charge >= 0.3 is 0 Å². The van der Waals surface area contributed by atoms with Crippen LogP contribution in [0.1, 0.15) is 21.5 Å². The summed E-state index contributed by atoms with van der Waals surface area (Å²) in [5.41, 5.74) is 1.79. The highest BCUT2D eigenvalue weighted by atomic mass is 35.5. The first-order valence-electron chi connectivity index (χ1n) is 10.7. The highest BCUT2D eigenvalue weighted by Gasteiger charge is 2.23. The van der Waals surface area contributed by atoms with Crippen molar-refractivity contribution in [3.05, 3.63) is 104 Å². The lowest BCUT2D eigenvalue weighted by molar-refractivity contribution is -0.384. The molecule has 3 aromatic rings. The van der Waals surface area contributed by atoms with Gasteiger partial charge in [0.25, 0.3) is 11.6 Å². The molecule has 0 heterocycles. The van der Waals surface area contributed by atoms with Crippen LogP contribution >= 0.6 is 11.6 Å². The van der Waals surface area contributed by atoms with Crippen LogP contribution in [0.15, 0.2) is 66.7 Å². The van der Waals surface area contributed by atoms with Gasteiger partial charge in [-0.25, -0.2) is 4.39 Å². The fourth-order valence-corrected chi connectivity index (χ4v) is 3.48. The minimum Gasteiger partial charge on any atom is -0.345 e. The van der Waals surface area contributed by atoms with E-state index in [0.717, 1.165) is 22.6 Å². The summed E-state index contributed by atoms with van der Waals surface area (Å²) in [7, 11) is 0. The van der Waals surface area contributed by atoms with Gasteiger partial charge in [0.05, 0.1) is 22.1 Å². The molecule has 186 valence electrons. The molecule has 0 aliphatic heterocycles. The number of halogens is 2. The third-order valence-corrected chi connectivity index (χ3v) is 5.40. The average molecular weight is 513 g/mol. The van der Waals surface area contributed by atoms with Crippen molar-refractivity contribution in [1.82, 2.24) is 10.2 Å². The summed E-state index contributed by atoms with van der Waals surface area (Å²) in [5, 5.41) is 15.9. The lowest BCUT2D eigenvalue weighted by atomic mass is 10.1. The largest absolute Gasteiger partial charge is 0.345 e. The van der Waals surface area contributed by atoms with Crippen molar-refractivity contribution in [2.45, 2.75) is 13.5 Å². The van der Waals surface area contributed by atoms with Crippen LogP contribution in [0.25, 0.3) is 0 Å². The minimum atomic E-state index is -0.668. The van der Waals surface area contributed by atoms with Crippen LogP contribution in [0.5, 0.6) is 0 Å². The Morgan fingerprint density at radius 2 is 1.67 bits per heavy atom.